The van der Waals surface area contributed by atoms with E-state index in [0.29, 0.717) is 35.1 Å². The van der Waals surface area contributed by atoms with Gasteiger partial charge < -0.3 is 4.90 Å². The topological polar surface area (TPSA) is 20.3 Å². The Morgan fingerprint density at radius 1 is 1.14 bits per heavy atom. The highest BCUT2D eigenvalue weighted by molar-refractivity contribution is 6.12. The van der Waals surface area contributed by atoms with Crippen molar-refractivity contribution >= 4 is 13.8 Å². The van der Waals surface area contributed by atoms with E-state index in [1.807, 2.05) is 0 Å². The fraction of sp³-hybridized carbons (Fsp3) is 0.947. The molecule has 1 amide bonds. The molecule has 1 saturated carbocycles. The number of likely N-dealkylation sites (tertiary alicyclic amines) is 1. The molecule has 0 bridgehead atoms. The average Bonchev–Trinajstić information content (AvgIpc) is 2.50. The molecule has 0 radical (unpaired) electrons. The van der Waals surface area contributed by atoms with Gasteiger partial charge in [0.1, 0.15) is 7.85 Å². The lowest BCUT2D eigenvalue weighted by atomic mass is 9.55. The molecule has 4 atom stereocenters. The first-order valence-electron chi connectivity index (χ1n) is 9.57. The summed E-state index contributed by atoms with van der Waals surface area (Å²) in [5.41, 5.74) is 0.382. The van der Waals surface area contributed by atoms with E-state index in [1.165, 1.54) is 32.1 Å². The van der Waals surface area contributed by atoms with Crippen LogP contribution in [0.4, 0.5) is 0 Å². The molecular formula is C19H36BNO. The standard InChI is InChI=1S/C19H36BNO/c1-13(2)19(5)12-15-10-11-21(14(3)4)18(22)16(15)8-6-7-9-17(19)20/h13-17H,6-12,20H2,1-5H3. The van der Waals surface area contributed by atoms with Gasteiger partial charge in [0.25, 0.3) is 0 Å². The van der Waals surface area contributed by atoms with E-state index >= 15 is 0 Å². The second-order valence-electron chi connectivity index (χ2n) is 8.83. The first-order chi connectivity index (χ1) is 10.3. The van der Waals surface area contributed by atoms with Crippen LogP contribution in [0.2, 0.25) is 5.82 Å². The van der Waals surface area contributed by atoms with Crippen LogP contribution in [0.25, 0.3) is 0 Å². The maximum atomic E-state index is 13.0. The summed E-state index contributed by atoms with van der Waals surface area (Å²) in [5, 5.41) is 0. The maximum absolute atomic E-state index is 13.0. The van der Waals surface area contributed by atoms with Crippen molar-refractivity contribution in [1.82, 2.24) is 4.90 Å². The summed E-state index contributed by atoms with van der Waals surface area (Å²) in [6.45, 7) is 12.6. The first kappa shape index (κ1) is 17.9. The maximum Gasteiger partial charge on any atom is 0.226 e. The van der Waals surface area contributed by atoms with Crippen LogP contribution in [0.15, 0.2) is 0 Å². The molecule has 1 aliphatic heterocycles. The zero-order valence-corrected chi connectivity index (χ0v) is 15.7. The molecule has 2 fully saturated rings. The van der Waals surface area contributed by atoms with Crippen molar-refractivity contribution in [2.45, 2.75) is 85.0 Å². The van der Waals surface area contributed by atoms with Gasteiger partial charge in [0.2, 0.25) is 5.91 Å². The lowest BCUT2D eigenvalue weighted by Gasteiger charge is -2.46. The second-order valence-corrected chi connectivity index (χ2v) is 8.83. The van der Waals surface area contributed by atoms with Gasteiger partial charge in [-0.1, -0.05) is 45.9 Å². The molecule has 0 spiro atoms. The molecule has 0 aromatic rings. The van der Waals surface area contributed by atoms with E-state index in [9.17, 15) is 4.79 Å². The first-order valence-corrected chi connectivity index (χ1v) is 9.57. The summed E-state index contributed by atoms with van der Waals surface area (Å²) in [6, 6.07) is 0.358. The third-order valence-corrected chi connectivity index (χ3v) is 7.08. The van der Waals surface area contributed by atoms with Gasteiger partial charge in [-0.15, -0.1) is 0 Å². The number of rotatable bonds is 2. The van der Waals surface area contributed by atoms with Crippen molar-refractivity contribution in [1.29, 1.82) is 0 Å². The van der Waals surface area contributed by atoms with Gasteiger partial charge >= 0.3 is 0 Å². The van der Waals surface area contributed by atoms with Crippen molar-refractivity contribution in [3.05, 3.63) is 0 Å². The molecule has 1 aliphatic carbocycles. The Morgan fingerprint density at radius 2 is 1.77 bits per heavy atom. The highest BCUT2D eigenvalue weighted by Gasteiger charge is 2.43. The Hall–Kier alpha value is -0.465. The van der Waals surface area contributed by atoms with Crippen LogP contribution < -0.4 is 0 Å². The SMILES string of the molecule is BC1CCCCC2C(=O)N(C(C)C)CCC2CC1(C)C(C)C. The molecule has 0 aromatic carbocycles. The lowest BCUT2D eigenvalue weighted by molar-refractivity contribution is -0.144. The Balaban J connectivity index is 2.24. The van der Waals surface area contributed by atoms with Crippen LogP contribution in [-0.4, -0.2) is 31.2 Å². The minimum atomic E-state index is 0.291. The molecule has 0 aromatic heterocycles. The number of carbonyl (C=O) groups excluding carboxylic acids is 1. The van der Waals surface area contributed by atoms with E-state index in [4.69, 9.17) is 0 Å². The van der Waals surface area contributed by atoms with Gasteiger partial charge in [-0.3, -0.25) is 4.79 Å². The summed E-state index contributed by atoms with van der Waals surface area (Å²) in [4.78, 5) is 15.1. The van der Waals surface area contributed by atoms with Gasteiger partial charge in [0.15, 0.2) is 0 Å². The molecule has 1 heterocycles. The fourth-order valence-corrected chi connectivity index (χ4v) is 4.86. The predicted molar refractivity (Wildman–Crippen MR) is 96.8 cm³/mol. The number of amides is 1. The van der Waals surface area contributed by atoms with E-state index in [1.54, 1.807) is 0 Å². The van der Waals surface area contributed by atoms with E-state index in [-0.39, 0.29) is 0 Å². The Labute approximate surface area is 138 Å². The van der Waals surface area contributed by atoms with Crippen molar-refractivity contribution in [3.8, 4) is 0 Å². The summed E-state index contributed by atoms with van der Waals surface area (Å²) in [6.07, 6.45) is 7.43. The monoisotopic (exact) mass is 305 g/mol. The third kappa shape index (κ3) is 3.38. The minimum Gasteiger partial charge on any atom is -0.340 e. The van der Waals surface area contributed by atoms with Crippen LogP contribution in [0.1, 0.15) is 73.1 Å². The molecular weight excluding hydrogens is 269 g/mol. The number of hydrogen-bond acceptors (Lipinski definition) is 1. The largest absolute Gasteiger partial charge is 0.340 e. The molecule has 1 saturated heterocycles. The quantitative estimate of drug-likeness (QED) is 0.708. The molecule has 22 heavy (non-hydrogen) atoms. The van der Waals surface area contributed by atoms with E-state index in [0.717, 1.165) is 18.8 Å². The van der Waals surface area contributed by atoms with Crippen molar-refractivity contribution in [2.75, 3.05) is 6.54 Å². The van der Waals surface area contributed by atoms with Crippen LogP contribution >= 0.6 is 0 Å². The molecule has 2 aliphatic rings. The van der Waals surface area contributed by atoms with Gasteiger partial charge in [0.05, 0.1) is 0 Å². The van der Waals surface area contributed by atoms with Crippen molar-refractivity contribution in [2.24, 2.45) is 23.2 Å². The third-order valence-electron chi connectivity index (χ3n) is 7.08. The number of piperidine rings is 1. The van der Waals surface area contributed by atoms with E-state index in [2.05, 4.69) is 47.4 Å². The van der Waals surface area contributed by atoms with Gasteiger partial charge in [-0.2, -0.15) is 0 Å². The van der Waals surface area contributed by atoms with Crippen LogP contribution in [0.5, 0.6) is 0 Å². The van der Waals surface area contributed by atoms with E-state index < -0.39 is 0 Å². The molecule has 2 rings (SSSR count). The second kappa shape index (κ2) is 6.97. The number of carbonyl (C=O) groups is 1. The van der Waals surface area contributed by atoms with Crippen LogP contribution in [-0.2, 0) is 4.79 Å². The fourth-order valence-electron chi connectivity index (χ4n) is 4.86. The highest BCUT2D eigenvalue weighted by atomic mass is 16.2. The molecule has 126 valence electrons. The summed E-state index contributed by atoms with van der Waals surface area (Å²) in [5.74, 6) is 2.81. The highest BCUT2D eigenvalue weighted by Crippen LogP contribution is 2.50. The average molecular weight is 305 g/mol. The normalized spacial score (nSPS) is 37.7. The van der Waals surface area contributed by atoms with Gasteiger partial charge in [-0.05, 0) is 50.4 Å². The Morgan fingerprint density at radius 3 is 2.36 bits per heavy atom. The van der Waals surface area contributed by atoms with Crippen molar-refractivity contribution in [3.63, 3.8) is 0 Å². The molecule has 2 nitrogen and oxygen atoms in total. The summed E-state index contributed by atoms with van der Waals surface area (Å²) >= 11 is 0. The van der Waals surface area contributed by atoms with Gasteiger partial charge in [-0.25, -0.2) is 0 Å². The smallest absolute Gasteiger partial charge is 0.226 e. The number of fused-ring (bicyclic) bond motifs is 1. The zero-order valence-electron chi connectivity index (χ0n) is 15.7. The molecule has 3 heteroatoms. The number of nitrogens with zero attached hydrogens (tertiary/aromatic N) is 1. The minimum absolute atomic E-state index is 0.291. The van der Waals surface area contributed by atoms with Crippen molar-refractivity contribution < 1.29 is 4.79 Å². The molecule has 0 N–H and O–H groups in total. The van der Waals surface area contributed by atoms with Crippen LogP contribution in [0, 0.1) is 23.2 Å². The summed E-state index contributed by atoms with van der Waals surface area (Å²) < 4.78 is 0. The van der Waals surface area contributed by atoms with Crippen LogP contribution in [0.3, 0.4) is 0 Å². The Kier molecular flexibility index (Phi) is 5.66. The molecule has 4 unspecified atom stereocenters. The number of hydrogen-bond donors (Lipinski definition) is 0. The predicted octanol–water partition coefficient (Wildman–Crippen LogP) is 3.91. The lowest BCUT2D eigenvalue weighted by Crippen LogP contribution is -2.49. The Bertz CT molecular complexity index is 395. The summed E-state index contributed by atoms with van der Waals surface area (Å²) in [7, 11) is 2.45. The van der Waals surface area contributed by atoms with Gasteiger partial charge in [0, 0.05) is 18.5 Å². The zero-order chi connectivity index (χ0) is 16.5.